The smallest absolute Gasteiger partial charge is 0.337 e. The standard InChI is InChI=1S/C31H24F3N5O4/c1-41-8-7-39-28-12-19(31(40)42-2)5-6-27(28)38-29(39)13-22-25(33)10-21(11-26(22)34)23-15-36-17-37-30(23)43-16-20-4-3-18(14-35)9-24(20)32/h3-6,9-12,15,17H,7-8,13,16H2,1-2H3. The van der Waals surface area contributed by atoms with Crippen LogP contribution in [0.3, 0.4) is 0 Å². The first-order valence-electron chi connectivity index (χ1n) is 13.0. The van der Waals surface area contributed by atoms with Gasteiger partial charge in [0.2, 0.25) is 5.88 Å². The van der Waals surface area contributed by atoms with Crippen molar-refractivity contribution in [1.29, 1.82) is 5.26 Å². The Hall–Kier alpha value is -5.28. The van der Waals surface area contributed by atoms with Gasteiger partial charge in [0.25, 0.3) is 0 Å². The van der Waals surface area contributed by atoms with E-state index in [0.29, 0.717) is 35.6 Å². The highest BCUT2D eigenvalue weighted by Gasteiger charge is 2.20. The first kappa shape index (κ1) is 29.2. The molecule has 12 heteroatoms. The summed E-state index contributed by atoms with van der Waals surface area (Å²) < 4.78 is 62.8. The summed E-state index contributed by atoms with van der Waals surface area (Å²) in [6.45, 7) is 0.393. The van der Waals surface area contributed by atoms with E-state index in [1.54, 1.807) is 22.8 Å². The molecule has 0 bridgehead atoms. The van der Waals surface area contributed by atoms with Gasteiger partial charge in [-0.25, -0.2) is 32.9 Å². The zero-order chi connectivity index (χ0) is 30.5. The Kier molecular flexibility index (Phi) is 8.64. The van der Waals surface area contributed by atoms with Gasteiger partial charge in [0.1, 0.15) is 36.2 Å². The van der Waals surface area contributed by atoms with Crippen LogP contribution in [0.2, 0.25) is 0 Å². The van der Waals surface area contributed by atoms with Crippen molar-refractivity contribution in [2.24, 2.45) is 0 Å². The van der Waals surface area contributed by atoms with E-state index in [1.165, 1.54) is 38.9 Å². The molecule has 3 aromatic carbocycles. The number of fused-ring (bicyclic) bond motifs is 1. The molecule has 2 aromatic heterocycles. The van der Waals surface area contributed by atoms with Crippen molar-refractivity contribution in [3.05, 3.63) is 107 Å². The number of carbonyl (C=O) groups is 1. The number of hydrogen-bond donors (Lipinski definition) is 0. The summed E-state index contributed by atoms with van der Waals surface area (Å²) in [4.78, 5) is 24.7. The summed E-state index contributed by atoms with van der Waals surface area (Å²) in [6, 6.07) is 12.9. The Labute approximate surface area is 244 Å². The number of nitriles is 1. The maximum Gasteiger partial charge on any atom is 0.337 e. The van der Waals surface area contributed by atoms with Gasteiger partial charge < -0.3 is 18.8 Å². The van der Waals surface area contributed by atoms with Crippen molar-refractivity contribution in [2.75, 3.05) is 20.8 Å². The number of esters is 1. The molecule has 0 spiro atoms. The number of methoxy groups -OCH3 is 2. The van der Waals surface area contributed by atoms with Crippen molar-refractivity contribution in [2.45, 2.75) is 19.6 Å². The van der Waals surface area contributed by atoms with Gasteiger partial charge in [0, 0.05) is 37.4 Å². The van der Waals surface area contributed by atoms with Crippen LogP contribution in [-0.4, -0.2) is 46.3 Å². The number of hydrogen-bond acceptors (Lipinski definition) is 8. The fraction of sp³-hybridized carbons (Fsp3) is 0.194. The Balaban J connectivity index is 1.45. The molecule has 2 heterocycles. The third-order valence-corrected chi connectivity index (χ3v) is 6.78. The quantitative estimate of drug-likeness (QED) is 0.200. The van der Waals surface area contributed by atoms with Crippen molar-refractivity contribution >= 4 is 17.0 Å². The first-order valence-corrected chi connectivity index (χ1v) is 13.0. The van der Waals surface area contributed by atoms with Crippen molar-refractivity contribution in [1.82, 2.24) is 19.5 Å². The summed E-state index contributed by atoms with van der Waals surface area (Å²) >= 11 is 0. The average molecular weight is 588 g/mol. The molecule has 0 aliphatic rings. The molecular formula is C31H24F3N5O4. The number of carbonyl (C=O) groups excluding carboxylic acids is 1. The molecule has 0 saturated carbocycles. The molecule has 0 unspecified atom stereocenters. The van der Waals surface area contributed by atoms with Crippen LogP contribution in [0.15, 0.2) is 61.1 Å². The highest BCUT2D eigenvalue weighted by molar-refractivity contribution is 5.93. The second kappa shape index (κ2) is 12.7. The monoisotopic (exact) mass is 587 g/mol. The van der Waals surface area contributed by atoms with Gasteiger partial charge in [0.05, 0.1) is 47.5 Å². The van der Waals surface area contributed by atoms with Crippen LogP contribution in [-0.2, 0) is 29.0 Å². The fourth-order valence-electron chi connectivity index (χ4n) is 4.58. The third-order valence-electron chi connectivity index (χ3n) is 6.78. The minimum Gasteiger partial charge on any atom is -0.472 e. The molecule has 0 fully saturated rings. The minimum atomic E-state index is -0.830. The van der Waals surface area contributed by atoms with Gasteiger partial charge in [-0.2, -0.15) is 5.26 Å². The van der Waals surface area contributed by atoms with E-state index >= 15 is 8.78 Å². The molecule has 218 valence electrons. The maximum absolute atomic E-state index is 15.5. The summed E-state index contributed by atoms with van der Waals surface area (Å²) in [7, 11) is 2.81. The van der Waals surface area contributed by atoms with E-state index < -0.39 is 23.4 Å². The number of aromatic nitrogens is 4. The SMILES string of the molecule is COCCn1c(Cc2c(F)cc(-c3cncnc3OCc3ccc(C#N)cc3F)cc2F)nc2ccc(C(=O)OC)cc21. The van der Waals surface area contributed by atoms with Crippen LogP contribution in [0.25, 0.3) is 22.2 Å². The van der Waals surface area contributed by atoms with E-state index in [2.05, 4.69) is 15.0 Å². The number of benzene rings is 3. The van der Waals surface area contributed by atoms with Crippen LogP contribution in [0, 0.1) is 28.8 Å². The van der Waals surface area contributed by atoms with E-state index in [4.69, 9.17) is 19.5 Å². The molecule has 5 rings (SSSR count). The molecule has 0 N–H and O–H groups in total. The van der Waals surface area contributed by atoms with E-state index in [-0.39, 0.29) is 46.7 Å². The first-order chi connectivity index (χ1) is 20.8. The van der Waals surface area contributed by atoms with Gasteiger partial charge in [-0.3, -0.25) is 0 Å². The lowest BCUT2D eigenvalue weighted by molar-refractivity contribution is 0.0601. The number of halogens is 3. The van der Waals surface area contributed by atoms with Crippen LogP contribution in [0.5, 0.6) is 5.88 Å². The number of ether oxygens (including phenoxy) is 3. The molecule has 0 aliphatic carbocycles. The summed E-state index contributed by atoms with van der Waals surface area (Å²) in [6.07, 6.45) is 2.36. The summed E-state index contributed by atoms with van der Waals surface area (Å²) in [5, 5.41) is 8.94. The van der Waals surface area contributed by atoms with Crippen molar-refractivity contribution in [3.8, 4) is 23.1 Å². The summed E-state index contributed by atoms with van der Waals surface area (Å²) in [5.74, 6) is -2.45. The van der Waals surface area contributed by atoms with Gasteiger partial charge in [-0.1, -0.05) is 6.07 Å². The molecule has 9 nitrogen and oxygen atoms in total. The van der Waals surface area contributed by atoms with E-state index in [0.717, 1.165) is 18.2 Å². The van der Waals surface area contributed by atoms with Crippen molar-refractivity contribution in [3.63, 3.8) is 0 Å². The lowest BCUT2D eigenvalue weighted by Gasteiger charge is -2.13. The Morgan fingerprint density at radius 2 is 1.81 bits per heavy atom. The fourth-order valence-corrected chi connectivity index (χ4v) is 4.58. The van der Waals surface area contributed by atoms with Crippen LogP contribution >= 0.6 is 0 Å². The topological polar surface area (TPSA) is 112 Å². The Morgan fingerprint density at radius 3 is 2.51 bits per heavy atom. The second-order valence-corrected chi connectivity index (χ2v) is 9.41. The Morgan fingerprint density at radius 1 is 1.02 bits per heavy atom. The molecule has 0 amide bonds. The minimum absolute atomic E-state index is 0.00641. The highest BCUT2D eigenvalue weighted by atomic mass is 19.1. The van der Waals surface area contributed by atoms with E-state index in [1.807, 2.05) is 6.07 Å². The molecule has 0 saturated heterocycles. The van der Waals surface area contributed by atoms with Crippen molar-refractivity contribution < 1.29 is 32.2 Å². The molecule has 0 atom stereocenters. The average Bonchev–Trinajstić information content (AvgIpc) is 3.36. The molecular weight excluding hydrogens is 563 g/mol. The second-order valence-electron chi connectivity index (χ2n) is 9.41. The molecule has 0 radical (unpaired) electrons. The molecule has 43 heavy (non-hydrogen) atoms. The largest absolute Gasteiger partial charge is 0.472 e. The van der Waals surface area contributed by atoms with Gasteiger partial charge in [0.15, 0.2) is 0 Å². The number of imidazole rings is 1. The normalized spacial score (nSPS) is 11.0. The third kappa shape index (κ3) is 6.17. The van der Waals surface area contributed by atoms with Crippen LogP contribution in [0.4, 0.5) is 13.2 Å². The van der Waals surface area contributed by atoms with Crippen LogP contribution in [0.1, 0.15) is 32.9 Å². The van der Waals surface area contributed by atoms with Gasteiger partial charge in [-0.05, 0) is 48.0 Å². The predicted octanol–water partition coefficient (Wildman–Crippen LogP) is 5.39. The predicted molar refractivity (Wildman–Crippen MR) is 149 cm³/mol. The molecule has 5 aromatic rings. The number of nitrogens with zero attached hydrogens (tertiary/aromatic N) is 5. The zero-order valence-electron chi connectivity index (χ0n) is 23.1. The lowest BCUT2D eigenvalue weighted by Crippen LogP contribution is -2.11. The highest BCUT2D eigenvalue weighted by Crippen LogP contribution is 2.32. The molecule has 0 aliphatic heterocycles. The van der Waals surface area contributed by atoms with Crippen LogP contribution < -0.4 is 4.74 Å². The lowest BCUT2D eigenvalue weighted by atomic mass is 10.0. The number of rotatable bonds is 10. The van der Waals surface area contributed by atoms with Gasteiger partial charge >= 0.3 is 5.97 Å². The maximum atomic E-state index is 15.5. The van der Waals surface area contributed by atoms with E-state index in [9.17, 15) is 9.18 Å². The Bertz CT molecular complexity index is 1850. The zero-order valence-corrected chi connectivity index (χ0v) is 23.1. The summed E-state index contributed by atoms with van der Waals surface area (Å²) in [5.41, 5.74) is 1.87. The van der Waals surface area contributed by atoms with Gasteiger partial charge in [-0.15, -0.1) is 0 Å².